The van der Waals surface area contributed by atoms with Gasteiger partial charge in [0.25, 0.3) is 0 Å². The summed E-state index contributed by atoms with van der Waals surface area (Å²) in [5.74, 6) is -0.00907. The van der Waals surface area contributed by atoms with Crippen molar-refractivity contribution in [3.05, 3.63) is 36.5 Å². The fraction of sp³-hybridized carbons (Fsp3) is 0.286. The monoisotopic (exact) mass is 244 g/mol. The third-order valence-electron chi connectivity index (χ3n) is 2.66. The standard InChI is InChI=1S/C14H16N2O2/c1-18-10-4-8-13(17)16-12-7-2-5-11-6-3-9-15-14(11)12/h2-3,5-7,9H,4,8,10H2,1H3,(H,16,17). The average Bonchev–Trinajstić information content (AvgIpc) is 2.39. The largest absolute Gasteiger partial charge is 0.385 e. The minimum Gasteiger partial charge on any atom is -0.385 e. The Hall–Kier alpha value is -1.94. The number of para-hydroxylation sites is 1. The van der Waals surface area contributed by atoms with E-state index >= 15 is 0 Å². The fourth-order valence-corrected chi connectivity index (χ4v) is 1.79. The summed E-state index contributed by atoms with van der Waals surface area (Å²) in [7, 11) is 1.63. The second kappa shape index (κ2) is 6.12. The number of hydrogen-bond acceptors (Lipinski definition) is 3. The highest BCUT2D eigenvalue weighted by Crippen LogP contribution is 2.20. The molecule has 1 aromatic carbocycles. The number of nitrogens with one attached hydrogen (secondary N) is 1. The number of hydrogen-bond donors (Lipinski definition) is 1. The Morgan fingerprint density at radius 2 is 2.17 bits per heavy atom. The zero-order valence-corrected chi connectivity index (χ0v) is 10.3. The number of nitrogens with zero attached hydrogens (tertiary/aromatic N) is 1. The van der Waals surface area contributed by atoms with Crippen LogP contribution < -0.4 is 5.32 Å². The van der Waals surface area contributed by atoms with Gasteiger partial charge in [0, 0.05) is 31.7 Å². The van der Waals surface area contributed by atoms with Crippen molar-refractivity contribution in [1.29, 1.82) is 0 Å². The molecule has 0 atom stereocenters. The number of carbonyl (C=O) groups is 1. The maximum Gasteiger partial charge on any atom is 0.224 e. The van der Waals surface area contributed by atoms with Crippen LogP contribution in [-0.4, -0.2) is 24.6 Å². The van der Waals surface area contributed by atoms with Gasteiger partial charge in [-0.15, -0.1) is 0 Å². The Bertz CT molecular complexity index is 535. The highest BCUT2D eigenvalue weighted by atomic mass is 16.5. The summed E-state index contributed by atoms with van der Waals surface area (Å²) < 4.78 is 4.92. The molecule has 0 bridgehead atoms. The van der Waals surface area contributed by atoms with Gasteiger partial charge in [0.05, 0.1) is 11.2 Å². The summed E-state index contributed by atoms with van der Waals surface area (Å²) in [5, 5.41) is 3.91. The molecule has 0 aliphatic rings. The molecule has 1 heterocycles. The van der Waals surface area contributed by atoms with Gasteiger partial charge >= 0.3 is 0 Å². The summed E-state index contributed by atoms with van der Waals surface area (Å²) in [4.78, 5) is 16.0. The molecule has 1 aromatic heterocycles. The quantitative estimate of drug-likeness (QED) is 0.822. The molecular formula is C14H16N2O2. The molecule has 2 rings (SSSR count). The predicted octanol–water partition coefficient (Wildman–Crippen LogP) is 2.60. The third kappa shape index (κ3) is 3.05. The lowest BCUT2D eigenvalue weighted by atomic mass is 10.2. The van der Waals surface area contributed by atoms with Crippen LogP contribution in [-0.2, 0) is 9.53 Å². The predicted molar refractivity (Wildman–Crippen MR) is 71.5 cm³/mol. The van der Waals surface area contributed by atoms with E-state index in [0.29, 0.717) is 13.0 Å². The molecule has 0 aliphatic heterocycles. The van der Waals surface area contributed by atoms with Crippen LogP contribution in [0, 0.1) is 0 Å². The van der Waals surface area contributed by atoms with Crippen LogP contribution in [0.1, 0.15) is 12.8 Å². The zero-order valence-electron chi connectivity index (χ0n) is 10.3. The highest BCUT2D eigenvalue weighted by Gasteiger charge is 2.05. The number of anilines is 1. The van der Waals surface area contributed by atoms with E-state index in [0.717, 1.165) is 23.0 Å². The molecule has 94 valence electrons. The molecule has 0 spiro atoms. The minimum atomic E-state index is -0.00907. The van der Waals surface area contributed by atoms with Gasteiger partial charge in [-0.1, -0.05) is 18.2 Å². The smallest absolute Gasteiger partial charge is 0.224 e. The van der Waals surface area contributed by atoms with Crippen LogP contribution in [0.5, 0.6) is 0 Å². The van der Waals surface area contributed by atoms with E-state index in [-0.39, 0.29) is 5.91 Å². The van der Waals surface area contributed by atoms with Gasteiger partial charge in [-0.3, -0.25) is 9.78 Å². The molecule has 18 heavy (non-hydrogen) atoms. The van der Waals surface area contributed by atoms with Crippen molar-refractivity contribution < 1.29 is 9.53 Å². The SMILES string of the molecule is COCCCC(=O)Nc1cccc2cccnc12. The van der Waals surface area contributed by atoms with E-state index in [1.54, 1.807) is 13.3 Å². The van der Waals surface area contributed by atoms with Crippen molar-refractivity contribution in [2.24, 2.45) is 0 Å². The molecule has 2 aromatic rings. The van der Waals surface area contributed by atoms with E-state index in [9.17, 15) is 4.79 Å². The molecule has 0 radical (unpaired) electrons. The summed E-state index contributed by atoms with van der Waals surface area (Å²) in [6, 6.07) is 9.61. The summed E-state index contributed by atoms with van der Waals surface area (Å²) in [5.41, 5.74) is 1.58. The lowest BCUT2D eigenvalue weighted by Crippen LogP contribution is -2.12. The zero-order chi connectivity index (χ0) is 12.8. The molecule has 1 amide bonds. The molecule has 4 nitrogen and oxygen atoms in total. The first-order valence-corrected chi connectivity index (χ1v) is 5.94. The van der Waals surface area contributed by atoms with Gasteiger partial charge < -0.3 is 10.1 Å². The van der Waals surface area contributed by atoms with Crippen molar-refractivity contribution in [3.8, 4) is 0 Å². The van der Waals surface area contributed by atoms with Crippen LogP contribution in [0.25, 0.3) is 10.9 Å². The number of rotatable bonds is 5. The molecule has 4 heteroatoms. The summed E-state index contributed by atoms with van der Waals surface area (Å²) >= 11 is 0. The van der Waals surface area contributed by atoms with Crippen molar-refractivity contribution in [2.45, 2.75) is 12.8 Å². The first kappa shape index (κ1) is 12.5. The number of methoxy groups -OCH3 is 1. The molecule has 1 N–H and O–H groups in total. The Morgan fingerprint density at radius 3 is 3.00 bits per heavy atom. The van der Waals surface area contributed by atoms with Gasteiger partial charge in [-0.05, 0) is 18.6 Å². The van der Waals surface area contributed by atoms with Crippen molar-refractivity contribution in [3.63, 3.8) is 0 Å². The number of benzene rings is 1. The van der Waals surface area contributed by atoms with E-state index in [1.807, 2.05) is 30.3 Å². The van der Waals surface area contributed by atoms with Gasteiger partial charge in [-0.2, -0.15) is 0 Å². The highest BCUT2D eigenvalue weighted by molar-refractivity contribution is 6.00. The second-order valence-corrected chi connectivity index (χ2v) is 4.03. The lowest BCUT2D eigenvalue weighted by molar-refractivity contribution is -0.116. The van der Waals surface area contributed by atoms with Gasteiger partial charge in [0.1, 0.15) is 0 Å². The fourth-order valence-electron chi connectivity index (χ4n) is 1.79. The van der Waals surface area contributed by atoms with Gasteiger partial charge in [0.15, 0.2) is 0 Å². The third-order valence-corrected chi connectivity index (χ3v) is 2.66. The van der Waals surface area contributed by atoms with Crippen molar-refractivity contribution >= 4 is 22.5 Å². The average molecular weight is 244 g/mol. The Kier molecular flexibility index (Phi) is 4.25. The normalized spacial score (nSPS) is 10.5. The van der Waals surface area contributed by atoms with Crippen LogP contribution >= 0.6 is 0 Å². The maximum absolute atomic E-state index is 11.7. The van der Waals surface area contributed by atoms with E-state index in [1.165, 1.54) is 0 Å². The number of carbonyl (C=O) groups excluding carboxylic acids is 1. The molecule has 0 unspecified atom stereocenters. The molecule has 0 aliphatic carbocycles. The van der Waals surface area contributed by atoms with E-state index in [2.05, 4.69) is 10.3 Å². The van der Waals surface area contributed by atoms with E-state index < -0.39 is 0 Å². The minimum absolute atomic E-state index is 0.00907. The molecule has 0 saturated carbocycles. The number of amides is 1. The van der Waals surface area contributed by atoms with Crippen molar-refractivity contribution in [2.75, 3.05) is 19.0 Å². The van der Waals surface area contributed by atoms with Crippen LogP contribution in [0.3, 0.4) is 0 Å². The number of fused-ring (bicyclic) bond motifs is 1. The van der Waals surface area contributed by atoms with Crippen LogP contribution in [0.4, 0.5) is 5.69 Å². The van der Waals surface area contributed by atoms with Crippen LogP contribution in [0.15, 0.2) is 36.5 Å². The van der Waals surface area contributed by atoms with Crippen molar-refractivity contribution in [1.82, 2.24) is 4.98 Å². The summed E-state index contributed by atoms with van der Waals surface area (Å²) in [6.45, 7) is 0.598. The lowest BCUT2D eigenvalue weighted by Gasteiger charge is -2.07. The number of aromatic nitrogens is 1. The second-order valence-electron chi connectivity index (χ2n) is 4.03. The molecule has 0 saturated heterocycles. The summed E-state index contributed by atoms with van der Waals surface area (Å²) in [6.07, 6.45) is 2.90. The maximum atomic E-state index is 11.7. The number of ether oxygens (including phenoxy) is 1. The van der Waals surface area contributed by atoms with Gasteiger partial charge in [0.2, 0.25) is 5.91 Å². The van der Waals surface area contributed by atoms with E-state index in [4.69, 9.17) is 4.74 Å². The first-order chi connectivity index (χ1) is 8.81. The van der Waals surface area contributed by atoms with Crippen LogP contribution in [0.2, 0.25) is 0 Å². The molecular weight excluding hydrogens is 228 g/mol. The Morgan fingerprint density at radius 1 is 1.33 bits per heavy atom. The number of pyridine rings is 1. The Balaban J connectivity index is 2.09. The van der Waals surface area contributed by atoms with Gasteiger partial charge in [-0.25, -0.2) is 0 Å². The first-order valence-electron chi connectivity index (χ1n) is 5.94. The topological polar surface area (TPSA) is 51.2 Å². The Labute approximate surface area is 106 Å². The molecule has 0 fully saturated rings.